The smallest absolute Gasteiger partial charge is 0.317 e. The Kier molecular flexibility index (Phi) is 5.68. The average molecular weight is 364 g/mol. The Bertz CT molecular complexity index is 866. The number of nitrogens with zero attached hydrogens (tertiary/aromatic N) is 3. The van der Waals surface area contributed by atoms with Crippen molar-refractivity contribution in [2.24, 2.45) is 0 Å². The molecule has 0 radical (unpaired) electrons. The maximum atomic E-state index is 5.67. The molecule has 1 aliphatic rings. The first-order valence-corrected chi connectivity index (χ1v) is 10.1. The van der Waals surface area contributed by atoms with Gasteiger partial charge in [0, 0.05) is 24.7 Å². The molecular weight excluding hydrogens is 336 g/mol. The number of fused-ring (bicyclic) bond motifs is 1. The molecule has 5 nitrogen and oxygen atoms in total. The van der Waals surface area contributed by atoms with E-state index in [0.717, 1.165) is 36.8 Å². The number of aromatic amines is 1. The van der Waals surface area contributed by atoms with Crippen LogP contribution in [0.15, 0.2) is 36.7 Å². The second-order valence-electron chi connectivity index (χ2n) is 7.41. The van der Waals surface area contributed by atoms with Crippen LogP contribution in [0.4, 0.5) is 0 Å². The summed E-state index contributed by atoms with van der Waals surface area (Å²) in [6.07, 6.45) is 9.50. The van der Waals surface area contributed by atoms with Crippen LogP contribution >= 0.6 is 0 Å². The molecule has 0 bridgehead atoms. The van der Waals surface area contributed by atoms with Crippen LogP contribution in [-0.4, -0.2) is 39.5 Å². The van der Waals surface area contributed by atoms with Crippen molar-refractivity contribution in [3.05, 3.63) is 53.3 Å². The van der Waals surface area contributed by atoms with E-state index in [1.165, 1.54) is 42.6 Å². The van der Waals surface area contributed by atoms with Crippen LogP contribution in [0.25, 0.3) is 11.0 Å². The monoisotopic (exact) mass is 364 g/mol. The Hall–Kier alpha value is -2.40. The van der Waals surface area contributed by atoms with E-state index in [1.54, 1.807) is 0 Å². The fraction of sp³-hybridized carbons (Fsp3) is 0.455. The highest BCUT2D eigenvalue weighted by Crippen LogP contribution is 2.21. The molecule has 4 rings (SSSR count). The third-order valence-corrected chi connectivity index (χ3v) is 5.22. The third kappa shape index (κ3) is 4.48. The molecule has 0 saturated carbocycles. The summed E-state index contributed by atoms with van der Waals surface area (Å²) in [5.41, 5.74) is 5.79. The molecule has 1 N–H and O–H groups in total. The molecule has 1 aliphatic heterocycles. The minimum absolute atomic E-state index is 0.470. The first-order chi connectivity index (χ1) is 13.3. The molecule has 142 valence electrons. The molecule has 1 aromatic carbocycles. The van der Waals surface area contributed by atoms with E-state index < -0.39 is 0 Å². The van der Waals surface area contributed by atoms with Gasteiger partial charge in [-0.15, -0.1) is 0 Å². The number of hydrogen-bond acceptors (Lipinski definition) is 4. The van der Waals surface area contributed by atoms with E-state index in [4.69, 9.17) is 4.74 Å². The van der Waals surface area contributed by atoms with E-state index in [1.807, 2.05) is 12.4 Å². The van der Waals surface area contributed by atoms with Gasteiger partial charge in [0.25, 0.3) is 0 Å². The predicted octanol–water partition coefficient (Wildman–Crippen LogP) is 4.32. The molecule has 3 aromatic rings. The van der Waals surface area contributed by atoms with Crippen LogP contribution in [0, 0.1) is 0 Å². The topological polar surface area (TPSA) is 54.0 Å². The van der Waals surface area contributed by atoms with E-state index in [0.29, 0.717) is 12.6 Å². The highest BCUT2D eigenvalue weighted by atomic mass is 16.5. The number of ether oxygens (including phenoxy) is 1. The zero-order chi connectivity index (χ0) is 18.5. The van der Waals surface area contributed by atoms with E-state index >= 15 is 0 Å². The Balaban J connectivity index is 1.45. The van der Waals surface area contributed by atoms with Crippen molar-refractivity contribution in [1.29, 1.82) is 0 Å². The molecule has 0 amide bonds. The first-order valence-electron chi connectivity index (χ1n) is 10.1. The van der Waals surface area contributed by atoms with Gasteiger partial charge in [-0.1, -0.05) is 37.6 Å². The Labute approximate surface area is 160 Å². The molecule has 0 atom stereocenters. The van der Waals surface area contributed by atoms with Crippen LogP contribution < -0.4 is 4.74 Å². The van der Waals surface area contributed by atoms with Gasteiger partial charge in [-0.25, -0.2) is 4.98 Å². The Morgan fingerprint density at radius 2 is 1.89 bits per heavy atom. The summed E-state index contributed by atoms with van der Waals surface area (Å²) in [7, 11) is 0. The van der Waals surface area contributed by atoms with Gasteiger partial charge < -0.3 is 9.72 Å². The number of hydrogen-bond donors (Lipinski definition) is 1. The standard InChI is InChI=1S/C22H28N4O/c1-2-3-12-27-22-24-15-20-21(25-22)19(14-23-20)13-17-6-8-18(9-7-17)16-26-10-4-5-11-26/h6-9,14-15,23H,2-5,10-13,16H2,1H3. The lowest BCUT2D eigenvalue weighted by Crippen LogP contribution is -2.18. The number of H-pyrrole nitrogens is 1. The number of nitrogens with one attached hydrogen (secondary N) is 1. The Morgan fingerprint density at radius 3 is 2.67 bits per heavy atom. The van der Waals surface area contributed by atoms with Gasteiger partial charge in [0.15, 0.2) is 0 Å². The van der Waals surface area contributed by atoms with Crippen molar-refractivity contribution in [2.45, 2.75) is 45.6 Å². The Morgan fingerprint density at radius 1 is 1.11 bits per heavy atom. The maximum Gasteiger partial charge on any atom is 0.317 e. The van der Waals surface area contributed by atoms with Crippen molar-refractivity contribution in [1.82, 2.24) is 19.9 Å². The number of benzene rings is 1. The number of likely N-dealkylation sites (tertiary alicyclic amines) is 1. The van der Waals surface area contributed by atoms with Gasteiger partial charge in [0.2, 0.25) is 0 Å². The second-order valence-corrected chi connectivity index (χ2v) is 7.41. The average Bonchev–Trinajstić information content (AvgIpc) is 3.34. The van der Waals surface area contributed by atoms with Gasteiger partial charge in [0.05, 0.1) is 23.8 Å². The molecule has 0 unspecified atom stereocenters. The summed E-state index contributed by atoms with van der Waals surface area (Å²) < 4.78 is 5.67. The van der Waals surface area contributed by atoms with E-state index in [-0.39, 0.29) is 0 Å². The minimum atomic E-state index is 0.470. The van der Waals surface area contributed by atoms with Crippen molar-refractivity contribution >= 4 is 11.0 Å². The van der Waals surface area contributed by atoms with Crippen molar-refractivity contribution in [3.63, 3.8) is 0 Å². The third-order valence-electron chi connectivity index (χ3n) is 5.22. The molecule has 5 heteroatoms. The molecule has 0 spiro atoms. The fourth-order valence-corrected chi connectivity index (χ4v) is 3.64. The summed E-state index contributed by atoms with van der Waals surface area (Å²) in [6, 6.07) is 9.47. The van der Waals surface area contributed by atoms with E-state index in [9.17, 15) is 0 Å². The lowest BCUT2D eigenvalue weighted by Gasteiger charge is -2.14. The van der Waals surface area contributed by atoms with Crippen molar-refractivity contribution in [2.75, 3.05) is 19.7 Å². The minimum Gasteiger partial charge on any atom is -0.463 e. The maximum absolute atomic E-state index is 5.67. The van der Waals surface area contributed by atoms with Crippen LogP contribution in [-0.2, 0) is 13.0 Å². The molecular formula is C22H28N4O. The van der Waals surface area contributed by atoms with Gasteiger partial charge >= 0.3 is 6.01 Å². The molecule has 0 aliphatic carbocycles. The summed E-state index contributed by atoms with van der Waals surface area (Å²) in [5, 5.41) is 0. The fourth-order valence-electron chi connectivity index (χ4n) is 3.64. The lowest BCUT2D eigenvalue weighted by molar-refractivity contribution is 0.286. The summed E-state index contributed by atoms with van der Waals surface area (Å²) >= 11 is 0. The molecule has 2 aromatic heterocycles. The highest BCUT2D eigenvalue weighted by molar-refractivity contribution is 5.78. The summed E-state index contributed by atoms with van der Waals surface area (Å²) in [4.78, 5) is 14.7. The predicted molar refractivity (Wildman–Crippen MR) is 108 cm³/mol. The summed E-state index contributed by atoms with van der Waals surface area (Å²) in [6.45, 7) is 6.35. The summed E-state index contributed by atoms with van der Waals surface area (Å²) in [5.74, 6) is 0. The molecule has 27 heavy (non-hydrogen) atoms. The van der Waals surface area contributed by atoms with Crippen LogP contribution in [0.1, 0.15) is 49.3 Å². The van der Waals surface area contributed by atoms with Gasteiger partial charge in [-0.3, -0.25) is 4.90 Å². The van der Waals surface area contributed by atoms with Gasteiger partial charge in [-0.05, 0) is 43.5 Å². The molecule has 1 saturated heterocycles. The van der Waals surface area contributed by atoms with E-state index in [2.05, 4.69) is 51.0 Å². The van der Waals surface area contributed by atoms with Crippen LogP contribution in [0.5, 0.6) is 6.01 Å². The molecule has 3 heterocycles. The molecule has 1 fully saturated rings. The highest BCUT2D eigenvalue weighted by Gasteiger charge is 2.12. The van der Waals surface area contributed by atoms with Gasteiger partial charge in [0.1, 0.15) is 0 Å². The number of unbranched alkanes of at least 4 members (excludes halogenated alkanes) is 1. The SMILES string of the molecule is CCCCOc1ncc2[nH]cc(Cc3ccc(CN4CCCC4)cc3)c2n1. The number of aromatic nitrogens is 3. The largest absolute Gasteiger partial charge is 0.463 e. The quantitative estimate of drug-likeness (QED) is 0.605. The van der Waals surface area contributed by atoms with Gasteiger partial charge in [-0.2, -0.15) is 4.98 Å². The van der Waals surface area contributed by atoms with Crippen LogP contribution in [0.2, 0.25) is 0 Å². The second kappa shape index (κ2) is 8.53. The zero-order valence-electron chi connectivity index (χ0n) is 16.1. The number of rotatable bonds is 8. The van der Waals surface area contributed by atoms with Crippen molar-refractivity contribution < 1.29 is 4.74 Å². The normalized spacial score (nSPS) is 14.9. The van der Waals surface area contributed by atoms with Crippen LogP contribution in [0.3, 0.4) is 0 Å². The lowest BCUT2D eigenvalue weighted by atomic mass is 10.0. The zero-order valence-corrected chi connectivity index (χ0v) is 16.1. The van der Waals surface area contributed by atoms with Crippen molar-refractivity contribution in [3.8, 4) is 6.01 Å². The first kappa shape index (κ1) is 18.0.